The van der Waals surface area contributed by atoms with Crippen molar-refractivity contribution in [2.24, 2.45) is 5.92 Å². The molecule has 106 valence electrons. The van der Waals surface area contributed by atoms with Crippen molar-refractivity contribution in [2.45, 2.75) is 44.3 Å². The second-order valence-electron chi connectivity index (χ2n) is 4.10. The van der Waals surface area contributed by atoms with Crippen LogP contribution in [0, 0.1) is 5.92 Å². The van der Waals surface area contributed by atoms with Crippen LogP contribution in [0.15, 0.2) is 0 Å². The normalized spacial score (nSPS) is 16.8. The molecular weight excluding hydrogens is 264 g/mol. The molecule has 2 unspecified atom stereocenters. The third-order valence-corrected chi connectivity index (χ3v) is 4.47. The van der Waals surface area contributed by atoms with Crippen LogP contribution < -0.4 is 0 Å². The zero-order chi connectivity index (χ0) is 14.6. The van der Waals surface area contributed by atoms with E-state index < -0.39 is 39.1 Å². The van der Waals surface area contributed by atoms with Gasteiger partial charge in [0, 0.05) is 0 Å². The van der Waals surface area contributed by atoms with E-state index in [0.29, 0.717) is 6.42 Å². The van der Waals surface area contributed by atoms with Gasteiger partial charge in [-0.05, 0) is 12.8 Å². The molecule has 3 N–H and O–H groups in total. The van der Waals surface area contributed by atoms with Crippen LogP contribution >= 0.6 is 0 Å². The number of carboxylic acid groups (broad SMARTS) is 2. The van der Waals surface area contributed by atoms with Gasteiger partial charge < -0.3 is 10.2 Å². The van der Waals surface area contributed by atoms with Crippen LogP contribution in [0.2, 0.25) is 0 Å². The molecule has 0 aliphatic rings. The van der Waals surface area contributed by atoms with E-state index in [1.54, 1.807) is 6.92 Å². The maximum absolute atomic E-state index is 11.4. The van der Waals surface area contributed by atoms with Crippen LogP contribution in [0.25, 0.3) is 0 Å². The first-order chi connectivity index (χ1) is 8.15. The van der Waals surface area contributed by atoms with Gasteiger partial charge in [-0.15, -0.1) is 0 Å². The van der Waals surface area contributed by atoms with Gasteiger partial charge in [0.05, 0.1) is 5.92 Å². The molecule has 0 aromatic heterocycles. The van der Waals surface area contributed by atoms with E-state index in [4.69, 9.17) is 10.2 Å². The second kappa shape index (κ2) is 6.14. The molecule has 7 nitrogen and oxygen atoms in total. The molecule has 0 heterocycles. The molecule has 0 aliphatic carbocycles. The molecular formula is C10H18O7S. The van der Waals surface area contributed by atoms with Gasteiger partial charge in [0.2, 0.25) is 4.75 Å². The molecule has 0 radical (unpaired) electrons. The number of hydrogen-bond acceptors (Lipinski definition) is 4. The Balaban J connectivity index is 5.98. The van der Waals surface area contributed by atoms with Crippen molar-refractivity contribution in [3.05, 3.63) is 0 Å². The van der Waals surface area contributed by atoms with Crippen molar-refractivity contribution in [2.75, 3.05) is 0 Å². The molecule has 0 amide bonds. The Morgan fingerprint density at radius 2 is 1.67 bits per heavy atom. The maximum atomic E-state index is 11.4. The minimum Gasteiger partial charge on any atom is -0.481 e. The highest BCUT2D eigenvalue weighted by atomic mass is 32.2. The Labute approximate surface area is 106 Å². The maximum Gasteiger partial charge on any atom is 0.328 e. The van der Waals surface area contributed by atoms with Gasteiger partial charge in [0.25, 0.3) is 10.1 Å². The minimum absolute atomic E-state index is 0.125. The SMILES string of the molecule is CCCC(C(=O)O)C(CCC)(C(=O)O)S(=O)(=O)O. The van der Waals surface area contributed by atoms with Gasteiger partial charge in [-0.1, -0.05) is 26.7 Å². The van der Waals surface area contributed by atoms with Crippen molar-refractivity contribution in [1.82, 2.24) is 0 Å². The minimum atomic E-state index is -5.03. The summed E-state index contributed by atoms with van der Waals surface area (Å²) in [7, 11) is -5.03. The highest BCUT2D eigenvalue weighted by Crippen LogP contribution is 2.35. The lowest BCUT2D eigenvalue weighted by Gasteiger charge is -2.31. The van der Waals surface area contributed by atoms with E-state index in [-0.39, 0.29) is 12.8 Å². The monoisotopic (exact) mass is 282 g/mol. The molecule has 0 saturated carbocycles. The predicted octanol–water partition coefficient (Wildman–Crippen LogP) is 0.999. The van der Waals surface area contributed by atoms with Crippen LogP contribution in [-0.4, -0.2) is 39.9 Å². The van der Waals surface area contributed by atoms with Crippen molar-refractivity contribution in [1.29, 1.82) is 0 Å². The molecule has 0 fully saturated rings. The lowest BCUT2D eigenvalue weighted by molar-refractivity contribution is -0.152. The third-order valence-electron chi connectivity index (χ3n) is 2.88. The first-order valence-electron chi connectivity index (χ1n) is 5.58. The lowest BCUT2D eigenvalue weighted by atomic mass is 9.84. The fraction of sp³-hybridized carbons (Fsp3) is 0.800. The molecule has 0 saturated heterocycles. The first kappa shape index (κ1) is 16.9. The van der Waals surface area contributed by atoms with Gasteiger partial charge in [0.15, 0.2) is 0 Å². The molecule has 2 atom stereocenters. The predicted molar refractivity (Wildman–Crippen MR) is 62.9 cm³/mol. The standard InChI is InChI=1S/C10H18O7S/c1-3-5-7(8(11)12)10(6-4-2,9(13)14)18(15,16)17/h7H,3-6H2,1-2H3,(H,11,12)(H,13,14)(H,15,16,17). The van der Waals surface area contributed by atoms with Crippen LogP contribution in [0.3, 0.4) is 0 Å². The second-order valence-corrected chi connectivity index (χ2v) is 5.78. The molecule has 0 bridgehead atoms. The Morgan fingerprint density at radius 3 is 1.89 bits per heavy atom. The van der Waals surface area contributed by atoms with Crippen LogP contribution in [0.5, 0.6) is 0 Å². The lowest BCUT2D eigenvalue weighted by Crippen LogP contribution is -2.54. The molecule has 0 aromatic carbocycles. The Bertz CT molecular complexity index is 414. The smallest absolute Gasteiger partial charge is 0.328 e. The number of aliphatic carboxylic acids is 2. The average Bonchev–Trinajstić information content (AvgIpc) is 2.20. The average molecular weight is 282 g/mol. The van der Waals surface area contributed by atoms with E-state index in [2.05, 4.69) is 0 Å². The summed E-state index contributed by atoms with van der Waals surface area (Å²) in [5, 5.41) is 18.2. The summed E-state index contributed by atoms with van der Waals surface area (Å²) in [6, 6.07) is 0. The first-order valence-corrected chi connectivity index (χ1v) is 7.02. The summed E-state index contributed by atoms with van der Waals surface area (Å²) in [4.78, 5) is 22.4. The topological polar surface area (TPSA) is 129 Å². The molecule has 8 heteroatoms. The van der Waals surface area contributed by atoms with Gasteiger partial charge >= 0.3 is 11.9 Å². The molecule has 0 spiro atoms. The van der Waals surface area contributed by atoms with Crippen molar-refractivity contribution in [3.63, 3.8) is 0 Å². The quantitative estimate of drug-likeness (QED) is 0.566. The molecule has 0 aromatic rings. The summed E-state index contributed by atoms with van der Waals surface area (Å²) in [5.41, 5.74) is 0. The highest BCUT2D eigenvalue weighted by Gasteiger charge is 2.58. The summed E-state index contributed by atoms with van der Waals surface area (Å²) < 4.78 is 29.4. The number of hydrogen-bond donors (Lipinski definition) is 3. The van der Waals surface area contributed by atoms with E-state index in [1.807, 2.05) is 0 Å². The number of carboxylic acids is 2. The van der Waals surface area contributed by atoms with Gasteiger partial charge in [-0.25, -0.2) is 0 Å². The fourth-order valence-corrected chi connectivity index (χ4v) is 3.33. The zero-order valence-corrected chi connectivity index (χ0v) is 11.1. The summed E-state index contributed by atoms with van der Waals surface area (Å²) in [6.45, 7) is 3.13. The third kappa shape index (κ3) is 2.99. The Hall–Kier alpha value is -1.15. The van der Waals surface area contributed by atoms with Crippen molar-refractivity contribution < 1.29 is 32.8 Å². The van der Waals surface area contributed by atoms with E-state index in [0.717, 1.165) is 0 Å². The van der Waals surface area contributed by atoms with Crippen LogP contribution in [0.1, 0.15) is 39.5 Å². The van der Waals surface area contributed by atoms with Crippen molar-refractivity contribution >= 4 is 22.1 Å². The van der Waals surface area contributed by atoms with Crippen LogP contribution in [-0.2, 0) is 19.7 Å². The van der Waals surface area contributed by atoms with E-state index >= 15 is 0 Å². The van der Waals surface area contributed by atoms with Crippen LogP contribution in [0.4, 0.5) is 0 Å². The number of carbonyl (C=O) groups is 2. The fourth-order valence-electron chi connectivity index (χ4n) is 2.07. The largest absolute Gasteiger partial charge is 0.481 e. The van der Waals surface area contributed by atoms with Gasteiger partial charge in [-0.2, -0.15) is 8.42 Å². The van der Waals surface area contributed by atoms with Crippen molar-refractivity contribution in [3.8, 4) is 0 Å². The molecule has 18 heavy (non-hydrogen) atoms. The summed E-state index contributed by atoms with van der Waals surface area (Å²) in [5.74, 6) is -5.03. The van der Waals surface area contributed by atoms with Gasteiger partial charge in [0.1, 0.15) is 0 Å². The Morgan fingerprint density at radius 1 is 1.17 bits per heavy atom. The summed E-state index contributed by atoms with van der Waals surface area (Å²) in [6.07, 6.45) is -0.162. The zero-order valence-electron chi connectivity index (χ0n) is 10.3. The Kier molecular flexibility index (Phi) is 5.75. The molecule has 0 rings (SSSR count). The highest BCUT2D eigenvalue weighted by molar-refractivity contribution is 7.88. The number of rotatable bonds is 8. The van der Waals surface area contributed by atoms with E-state index in [1.165, 1.54) is 6.92 Å². The van der Waals surface area contributed by atoms with Gasteiger partial charge in [-0.3, -0.25) is 14.1 Å². The van der Waals surface area contributed by atoms with E-state index in [9.17, 15) is 22.6 Å². The summed E-state index contributed by atoms with van der Waals surface area (Å²) >= 11 is 0. The molecule has 0 aliphatic heterocycles.